The lowest BCUT2D eigenvalue weighted by molar-refractivity contribution is -0.139. The topological polar surface area (TPSA) is 57.7 Å². The van der Waals surface area contributed by atoms with Crippen molar-refractivity contribution in [3.8, 4) is 0 Å². The standard InChI is InChI=1S/C21H21FN2O3/c1-14(16-7-9-18(22)10-8-16)23(2)21(27)17-5-3-15(4-6-17)13-24-19(25)11-12-20(24)26/h3-10,14H,11-13H2,1-2H3. The molecule has 1 saturated heterocycles. The second-order valence-electron chi connectivity index (χ2n) is 6.71. The molecule has 0 radical (unpaired) electrons. The van der Waals surface area contributed by atoms with Crippen molar-refractivity contribution in [2.75, 3.05) is 7.05 Å². The van der Waals surface area contributed by atoms with E-state index in [1.807, 2.05) is 6.92 Å². The van der Waals surface area contributed by atoms with Crippen LogP contribution in [-0.2, 0) is 16.1 Å². The van der Waals surface area contributed by atoms with E-state index in [4.69, 9.17) is 0 Å². The van der Waals surface area contributed by atoms with E-state index in [0.29, 0.717) is 5.56 Å². The van der Waals surface area contributed by atoms with E-state index in [1.165, 1.54) is 17.0 Å². The summed E-state index contributed by atoms with van der Waals surface area (Å²) in [5.41, 5.74) is 2.15. The highest BCUT2D eigenvalue weighted by atomic mass is 19.1. The smallest absolute Gasteiger partial charge is 0.254 e. The number of hydrogen-bond acceptors (Lipinski definition) is 3. The minimum atomic E-state index is -0.314. The van der Waals surface area contributed by atoms with Gasteiger partial charge in [0.15, 0.2) is 0 Å². The van der Waals surface area contributed by atoms with Gasteiger partial charge in [-0.3, -0.25) is 19.3 Å². The van der Waals surface area contributed by atoms with Crippen molar-refractivity contribution < 1.29 is 18.8 Å². The molecule has 3 rings (SSSR count). The molecular weight excluding hydrogens is 347 g/mol. The molecule has 1 unspecified atom stereocenters. The summed E-state index contributed by atoms with van der Waals surface area (Å²) in [6.45, 7) is 2.11. The first-order valence-electron chi connectivity index (χ1n) is 8.81. The van der Waals surface area contributed by atoms with E-state index in [0.717, 1.165) is 11.1 Å². The van der Waals surface area contributed by atoms with Crippen molar-refractivity contribution in [3.63, 3.8) is 0 Å². The summed E-state index contributed by atoms with van der Waals surface area (Å²) in [6.07, 6.45) is 0.531. The first kappa shape index (κ1) is 18.8. The van der Waals surface area contributed by atoms with Crippen LogP contribution < -0.4 is 0 Å². The molecule has 0 bridgehead atoms. The van der Waals surface area contributed by atoms with Gasteiger partial charge < -0.3 is 4.90 Å². The highest BCUT2D eigenvalue weighted by molar-refractivity contribution is 6.01. The van der Waals surface area contributed by atoms with Crippen LogP contribution in [0.5, 0.6) is 0 Å². The van der Waals surface area contributed by atoms with Crippen molar-refractivity contribution in [1.82, 2.24) is 9.80 Å². The molecule has 5 nitrogen and oxygen atoms in total. The van der Waals surface area contributed by atoms with Gasteiger partial charge in [0.25, 0.3) is 5.91 Å². The summed E-state index contributed by atoms with van der Waals surface area (Å²) in [5.74, 6) is -0.793. The molecule has 1 fully saturated rings. The van der Waals surface area contributed by atoms with E-state index in [-0.39, 0.29) is 49.0 Å². The van der Waals surface area contributed by atoms with Gasteiger partial charge in [0.1, 0.15) is 5.82 Å². The zero-order valence-electron chi connectivity index (χ0n) is 15.3. The van der Waals surface area contributed by atoms with Crippen LogP contribution in [0.25, 0.3) is 0 Å². The van der Waals surface area contributed by atoms with Gasteiger partial charge in [0, 0.05) is 25.5 Å². The van der Waals surface area contributed by atoms with Crippen molar-refractivity contribution in [3.05, 3.63) is 71.0 Å². The van der Waals surface area contributed by atoms with Gasteiger partial charge in [0.2, 0.25) is 11.8 Å². The molecule has 2 aromatic carbocycles. The Morgan fingerprint density at radius 1 is 1.04 bits per heavy atom. The molecular formula is C21H21FN2O3. The minimum Gasteiger partial charge on any atom is -0.335 e. The molecule has 1 aliphatic heterocycles. The Morgan fingerprint density at radius 3 is 2.15 bits per heavy atom. The quantitative estimate of drug-likeness (QED) is 0.761. The number of likely N-dealkylation sites (tertiary alicyclic amines) is 1. The molecule has 140 valence electrons. The Balaban J connectivity index is 1.68. The summed E-state index contributed by atoms with van der Waals surface area (Å²) in [5, 5.41) is 0. The number of nitrogens with zero attached hydrogens (tertiary/aromatic N) is 2. The van der Waals surface area contributed by atoms with Crippen molar-refractivity contribution in [2.45, 2.75) is 32.4 Å². The van der Waals surface area contributed by atoms with Crippen LogP contribution in [0.3, 0.4) is 0 Å². The number of amides is 3. The van der Waals surface area contributed by atoms with E-state index >= 15 is 0 Å². The Kier molecular flexibility index (Phi) is 5.35. The van der Waals surface area contributed by atoms with E-state index < -0.39 is 0 Å². The average Bonchev–Trinajstić information content (AvgIpc) is 2.99. The lowest BCUT2D eigenvalue weighted by Gasteiger charge is -2.25. The molecule has 0 N–H and O–H groups in total. The van der Waals surface area contributed by atoms with Gasteiger partial charge in [0.05, 0.1) is 12.6 Å². The third-order valence-electron chi connectivity index (χ3n) is 4.95. The summed E-state index contributed by atoms with van der Waals surface area (Å²) in [4.78, 5) is 39.0. The molecule has 1 heterocycles. The number of hydrogen-bond donors (Lipinski definition) is 0. The molecule has 0 saturated carbocycles. The molecule has 6 heteroatoms. The maximum Gasteiger partial charge on any atom is 0.254 e. The maximum absolute atomic E-state index is 13.1. The highest BCUT2D eigenvalue weighted by Crippen LogP contribution is 2.22. The number of benzene rings is 2. The fraction of sp³-hybridized carbons (Fsp3) is 0.286. The number of carbonyl (C=O) groups is 3. The van der Waals surface area contributed by atoms with Gasteiger partial charge in [-0.1, -0.05) is 24.3 Å². The second-order valence-corrected chi connectivity index (χ2v) is 6.71. The number of halogens is 1. The molecule has 27 heavy (non-hydrogen) atoms. The van der Waals surface area contributed by atoms with E-state index in [1.54, 1.807) is 48.3 Å². The van der Waals surface area contributed by atoms with Crippen LogP contribution in [0.15, 0.2) is 48.5 Å². The van der Waals surface area contributed by atoms with Crippen LogP contribution in [-0.4, -0.2) is 34.6 Å². The normalized spacial score (nSPS) is 15.1. The second kappa shape index (κ2) is 7.70. The van der Waals surface area contributed by atoms with Crippen LogP contribution in [0.2, 0.25) is 0 Å². The summed E-state index contributed by atoms with van der Waals surface area (Å²) in [6, 6.07) is 12.8. The molecule has 0 aromatic heterocycles. The lowest BCUT2D eigenvalue weighted by atomic mass is 10.1. The Morgan fingerprint density at radius 2 is 1.59 bits per heavy atom. The Bertz CT molecular complexity index is 846. The van der Waals surface area contributed by atoms with Crippen LogP contribution in [0.4, 0.5) is 4.39 Å². The van der Waals surface area contributed by atoms with Crippen molar-refractivity contribution >= 4 is 17.7 Å². The molecule has 2 aromatic rings. The highest BCUT2D eigenvalue weighted by Gasteiger charge is 2.28. The van der Waals surface area contributed by atoms with Gasteiger partial charge >= 0.3 is 0 Å². The Labute approximate surface area is 157 Å². The summed E-state index contributed by atoms with van der Waals surface area (Å²) < 4.78 is 13.1. The molecule has 0 aliphatic carbocycles. The van der Waals surface area contributed by atoms with Crippen molar-refractivity contribution in [2.24, 2.45) is 0 Å². The number of imide groups is 1. The van der Waals surface area contributed by atoms with Crippen LogP contribution in [0, 0.1) is 5.82 Å². The van der Waals surface area contributed by atoms with Gasteiger partial charge in [-0.15, -0.1) is 0 Å². The zero-order chi connectivity index (χ0) is 19.6. The third-order valence-corrected chi connectivity index (χ3v) is 4.95. The molecule has 0 spiro atoms. The summed E-state index contributed by atoms with van der Waals surface area (Å²) >= 11 is 0. The first-order valence-corrected chi connectivity index (χ1v) is 8.81. The average molecular weight is 368 g/mol. The predicted molar refractivity (Wildman–Crippen MR) is 98.1 cm³/mol. The monoisotopic (exact) mass is 368 g/mol. The Hall–Kier alpha value is -3.02. The molecule has 3 amide bonds. The van der Waals surface area contributed by atoms with Crippen LogP contribution in [0.1, 0.15) is 47.3 Å². The van der Waals surface area contributed by atoms with Gasteiger partial charge in [-0.2, -0.15) is 0 Å². The number of carbonyl (C=O) groups excluding carboxylic acids is 3. The lowest BCUT2D eigenvalue weighted by Crippen LogP contribution is -2.30. The van der Waals surface area contributed by atoms with E-state index in [2.05, 4.69) is 0 Å². The van der Waals surface area contributed by atoms with Gasteiger partial charge in [-0.25, -0.2) is 4.39 Å². The maximum atomic E-state index is 13.1. The fourth-order valence-electron chi connectivity index (χ4n) is 3.08. The largest absolute Gasteiger partial charge is 0.335 e. The zero-order valence-corrected chi connectivity index (χ0v) is 15.3. The fourth-order valence-corrected chi connectivity index (χ4v) is 3.08. The number of rotatable bonds is 5. The van der Waals surface area contributed by atoms with Crippen LogP contribution >= 0.6 is 0 Å². The minimum absolute atomic E-state index is 0.159. The van der Waals surface area contributed by atoms with E-state index in [9.17, 15) is 18.8 Å². The summed E-state index contributed by atoms with van der Waals surface area (Å²) in [7, 11) is 1.70. The molecule has 1 atom stereocenters. The third kappa shape index (κ3) is 4.05. The predicted octanol–water partition coefficient (Wildman–Crippen LogP) is 3.31. The van der Waals surface area contributed by atoms with Crippen molar-refractivity contribution in [1.29, 1.82) is 0 Å². The SMILES string of the molecule is CC(c1ccc(F)cc1)N(C)C(=O)c1ccc(CN2C(=O)CCC2=O)cc1. The molecule has 1 aliphatic rings. The first-order chi connectivity index (χ1) is 12.9. The van der Waals surface area contributed by atoms with Gasteiger partial charge in [-0.05, 0) is 42.3 Å².